The first-order chi connectivity index (χ1) is 12.7. The minimum atomic E-state index is -0.277. The lowest BCUT2D eigenvalue weighted by atomic mass is 10.1. The molecule has 1 aromatic heterocycles. The molecular formula is C20H20FN3O2. The average molecular weight is 353 g/mol. The van der Waals surface area contributed by atoms with Crippen molar-refractivity contribution in [2.24, 2.45) is 11.1 Å². The van der Waals surface area contributed by atoms with E-state index in [1.807, 2.05) is 23.1 Å². The maximum Gasteiger partial charge on any atom is 0.226 e. The Labute approximate surface area is 151 Å². The van der Waals surface area contributed by atoms with Crippen molar-refractivity contribution in [2.75, 3.05) is 6.54 Å². The molecule has 2 aromatic rings. The smallest absolute Gasteiger partial charge is 0.226 e. The maximum atomic E-state index is 13.1. The third kappa shape index (κ3) is 3.90. The van der Waals surface area contributed by atoms with Gasteiger partial charge in [-0.3, -0.25) is 9.78 Å². The van der Waals surface area contributed by atoms with E-state index in [2.05, 4.69) is 10.1 Å². The fraction of sp³-hybridized carbons (Fsp3) is 0.350. The van der Waals surface area contributed by atoms with Gasteiger partial charge in [0.25, 0.3) is 0 Å². The highest BCUT2D eigenvalue weighted by Gasteiger charge is 2.35. The molecule has 0 N–H and O–H groups in total. The van der Waals surface area contributed by atoms with Gasteiger partial charge < -0.3 is 9.74 Å². The molecule has 5 nitrogen and oxygen atoms in total. The summed E-state index contributed by atoms with van der Waals surface area (Å²) in [5, 5.41) is 4.15. The predicted octanol–water partition coefficient (Wildman–Crippen LogP) is 3.15. The number of benzene rings is 1. The number of amides is 1. The van der Waals surface area contributed by atoms with Gasteiger partial charge in [0.2, 0.25) is 5.91 Å². The number of hydrogen-bond acceptors (Lipinski definition) is 4. The van der Waals surface area contributed by atoms with Crippen molar-refractivity contribution < 1.29 is 14.0 Å². The lowest BCUT2D eigenvalue weighted by Gasteiger charge is -2.25. The normalized spacial score (nSPS) is 19.0. The first-order valence-electron chi connectivity index (χ1n) is 8.86. The zero-order valence-corrected chi connectivity index (χ0v) is 14.3. The summed E-state index contributed by atoms with van der Waals surface area (Å²) in [6.45, 7) is 0.918. The Kier molecular flexibility index (Phi) is 4.65. The van der Waals surface area contributed by atoms with Crippen LogP contribution < -0.4 is 0 Å². The van der Waals surface area contributed by atoms with Crippen LogP contribution in [0.1, 0.15) is 30.5 Å². The fourth-order valence-electron chi connectivity index (χ4n) is 3.09. The summed E-state index contributed by atoms with van der Waals surface area (Å²) in [5.74, 6) is -0.0152. The Morgan fingerprint density at radius 3 is 2.69 bits per heavy atom. The molecule has 1 aliphatic heterocycles. The highest BCUT2D eigenvalue weighted by Crippen LogP contribution is 2.32. The van der Waals surface area contributed by atoms with Crippen LogP contribution in [-0.2, 0) is 16.2 Å². The van der Waals surface area contributed by atoms with Crippen LogP contribution in [0, 0.1) is 11.7 Å². The number of carbonyl (C=O) groups excluding carboxylic acids is 1. The van der Waals surface area contributed by atoms with E-state index in [-0.39, 0.29) is 23.7 Å². The average Bonchev–Trinajstić information content (AvgIpc) is 3.42. The summed E-state index contributed by atoms with van der Waals surface area (Å²) in [6.07, 6.45) is 4.05. The Morgan fingerprint density at radius 2 is 2.00 bits per heavy atom. The SMILES string of the molecule is O=C(C1CC1)N(Cc1ccc(F)cc1)C[C@@H]1CC(c2ccccn2)=NO1. The second-order valence-corrected chi connectivity index (χ2v) is 6.80. The monoisotopic (exact) mass is 353 g/mol. The summed E-state index contributed by atoms with van der Waals surface area (Å²) < 4.78 is 13.1. The molecule has 2 aliphatic rings. The van der Waals surface area contributed by atoms with Crippen LogP contribution in [0.15, 0.2) is 53.8 Å². The molecule has 2 heterocycles. The summed E-state index contributed by atoms with van der Waals surface area (Å²) in [5.41, 5.74) is 2.51. The lowest BCUT2D eigenvalue weighted by Crippen LogP contribution is -2.38. The van der Waals surface area contributed by atoms with Gasteiger partial charge in [-0.1, -0.05) is 23.4 Å². The zero-order valence-electron chi connectivity index (χ0n) is 14.3. The van der Waals surface area contributed by atoms with Gasteiger partial charge in [0.05, 0.1) is 12.2 Å². The maximum absolute atomic E-state index is 13.1. The van der Waals surface area contributed by atoms with Gasteiger partial charge in [-0.25, -0.2) is 4.39 Å². The van der Waals surface area contributed by atoms with E-state index >= 15 is 0 Å². The molecule has 6 heteroatoms. The third-order valence-electron chi connectivity index (χ3n) is 4.64. The van der Waals surface area contributed by atoms with Crippen LogP contribution >= 0.6 is 0 Å². The van der Waals surface area contributed by atoms with Crippen LogP contribution in [0.5, 0.6) is 0 Å². The van der Waals surface area contributed by atoms with Gasteiger partial charge in [0.15, 0.2) is 6.10 Å². The topological polar surface area (TPSA) is 54.8 Å². The highest BCUT2D eigenvalue weighted by atomic mass is 19.1. The van der Waals surface area contributed by atoms with E-state index in [4.69, 9.17) is 4.84 Å². The van der Waals surface area contributed by atoms with Crippen LogP contribution in [0.3, 0.4) is 0 Å². The second kappa shape index (κ2) is 7.23. The first kappa shape index (κ1) is 16.7. The van der Waals surface area contributed by atoms with Crippen molar-refractivity contribution in [1.29, 1.82) is 0 Å². The highest BCUT2D eigenvalue weighted by molar-refractivity contribution is 5.99. The largest absolute Gasteiger partial charge is 0.390 e. The van der Waals surface area contributed by atoms with Crippen molar-refractivity contribution in [3.63, 3.8) is 0 Å². The van der Waals surface area contributed by atoms with Crippen molar-refractivity contribution in [3.05, 3.63) is 65.7 Å². The number of nitrogens with zero attached hydrogens (tertiary/aromatic N) is 3. The lowest BCUT2D eigenvalue weighted by molar-refractivity contribution is -0.135. The summed E-state index contributed by atoms with van der Waals surface area (Å²) >= 11 is 0. The van der Waals surface area contributed by atoms with E-state index in [9.17, 15) is 9.18 Å². The van der Waals surface area contributed by atoms with Crippen molar-refractivity contribution in [2.45, 2.75) is 31.9 Å². The molecule has 26 heavy (non-hydrogen) atoms. The van der Waals surface area contributed by atoms with E-state index in [0.717, 1.165) is 29.8 Å². The van der Waals surface area contributed by atoms with Crippen molar-refractivity contribution in [1.82, 2.24) is 9.88 Å². The summed E-state index contributed by atoms with van der Waals surface area (Å²) in [4.78, 5) is 24.3. The number of oxime groups is 1. The third-order valence-corrected chi connectivity index (χ3v) is 4.64. The van der Waals surface area contributed by atoms with Crippen molar-refractivity contribution >= 4 is 11.6 Å². The minimum Gasteiger partial charge on any atom is -0.390 e. The van der Waals surface area contributed by atoms with Gasteiger partial charge in [-0.15, -0.1) is 0 Å². The van der Waals surface area contributed by atoms with Gasteiger partial charge in [0, 0.05) is 25.1 Å². The summed E-state index contributed by atoms with van der Waals surface area (Å²) in [7, 11) is 0. The van der Waals surface area contributed by atoms with Gasteiger partial charge >= 0.3 is 0 Å². The van der Waals surface area contributed by atoms with Gasteiger partial charge in [-0.2, -0.15) is 0 Å². The second-order valence-electron chi connectivity index (χ2n) is 6.80. The Hall–Kier alpha value is -2.76. The quantitative estimate of drug-likeness (QED) is 0.802. The van der Waals surface area contributed by atoms with Gasteiger partial charge in [0.1, 0.15) is 11.5 Å². The molecule has 1 fully saturated rings. The molecule has 1 saturated carbocycles. The van der Waals surface area contributed by atoms with Crippen LogP contribution in [-0.4, -0.2) is 34.2 Å². The van der Waals surface area contributed by atoms with Crippen LogP contribution in [0.2, 0.25) is 0 Å². The molecule has 1 aliphatic carbocycles. The van der Waals surface area contributed by atoms with Gasteiger partial charge in [-0.05, 0) is 42.7 Å². The molecule has 1 aromatic carbocycles. The minimum absolute atomic E-state index is 0.119. The molecule has 0 radical (unpaired) electrons. The first-order valence-corrected chi connectivity index (χ1v) is 8.86. The Bertz CT molecular complexity index is 804. The van der Waals surface area contributed by atoms with E-state index in [0.29, 0.717) is 19.5 Å². The standard InChI is InChI=1S/C20H20FN3O2/c21-16-8-4-14(5-9-16)12-24(20(25)15-6-7-15)13-17-11-19(23-26-17)18-3-1-2-10-22-18/h1-5,8-10,15,17H,6-7,11-13H2/t17-/m0/s1. The Morgan fingerprint density at radius 1 is 1.19 bits per heavy atom. The Balaban J connectivity index is 1.42. The summed E-state index contributed by atoms with van der Waals surface area (Å²) in [6, 6.07) is 11.9. The zero-order chi connectivity index (χ0) is 17.9. The number of hydrogen-bond donors (Lipinski definition) is 0. The predicted molar refractivity (Wildman–Crippen MR) is 94.8 cm³/mol. The molecule has 1 atom stereocenters. The number of carbonyl (C=O) groups is 1. The molecule has 4 rings (SSSR count). The van der Waals surface area contributed by atoms with E-state index in [1.54, 1.807) is 18.3 Å². The molecule has 0 saturated heterocycles. The van der Waals surface area contributed by atoms with E-state index < -0.39 is 0 Å². The number of rotatable bonds is 6. The molecule has 1 amide bonds. The van der Waals surface area contributed by atoms with Crippen molar-refractivity contribution in [3.8, 4) is 0 Å². The fourth-order valence-corrected chi connectivity index (χ4v) is 3.09. The number of aromatic nitrogens is 1. The number of pyridine rings is 1. The molecule has 0 bridgehead atoms. The van der Waals surface area contributed by atoms with Crippen LogP contribution in [0.4, 0.5) is 4.39 Å². The molecule has 134 valence electrons. The number of halogens is 1. The molecule has 0 spiro atoms. The van der Waals surface area contributed by atoms with E-state index in [1.165, 1.54) is 12.1 Å². The molecule has 0 unspecified atom stereocenters. The van der Waals surface area contributed by atoms with Crippen LogP contribution in [0.25, 0.3) is 0 Å². The molecular weight excluding hydrogens is 333 g/mol.